The molecule has 0 radical (unpaired) electrons. The van der Waals surface area contributed by atoms with Gasteiger partial charge in [-0.15, -0.1) is 0 Å². The van der Waals surface area contributed by atoms with E-state index in [2.05, 4.69) is 20.9 Å². The summed E-state index contributed by atoms with van der Waals surface area (Å²) in [4.78, 5) is 27.6. The Morgan fingerprint density at radius 1 is 0.884 bits per heavy atom. The molecule has 43 heavy (non-hydrogen) atoms. The van der Waals surface area contributed by atoms with Crippen LogP contribution in [0.15, 0.2) is 96.0 Å². The fraction of sp³-hybridized carbons (Fsp3) is 0.0741. The Morgan fingerprint density at radius 3 is 2.05 bits per heavy atom. The van der Waals surface area contributed by atoms with E-state index in [1.165, 1.54) is 37.5 Å². The molecule has 0 spiro atoms. The maximum absolute atomic E-state index is 12.9. The molecule has 11 nitrogen and oxygen atoms in total. The molecule has 0 atom stereocenters. The van der Waals surface area contributed by atoms with E-state index in [1.54, 1.807) is 48.5 Å². The van der Waals surface area contributed by atoms with Gasteiger partial charge in [-0.3, -0.25) is 14.3 Å². The van der Waals surface area contributed by atoms with Crippen LogP contribution in [0.25, 0.3) is 0 Å². The highest BCUT2D eigenvalue weighted by atomic mass is 35.5. The number of halogens is 4. The van der Waals surface area contributed by atoms with Gasteiger partial charge in [0.15, 0.2) is 0 Å². The van der Waals surface area contributed by atoms with Crippen molar-refractivity contribution in [3.63, 3.8) is 0 Å². The lowest BCUT2D eigenvalue weighted by atomic mass is 10.2. The SMILES string of the molecule is CNC(=O)c1cc(Oc2ccc(NC(=O)Nc3ccc(Cl)c(C(F)(F)F)c3)cc2)ccn1.O.O=S(=O)(O)c1ccccc1. The van der Waals surface area contributed by atoms with Crippen molar-refractivity contribution in [2.45, 2.75) is 11.1 Å². The molecule has 4 aromatic rings. The monoisotopic (exact) mass is 640 g/mol. The molecule has 0 bridgehead atoms. The minimum Gasteiger partial charge on any atom is -0.457 e. The van der Waals surface area contributed by atoms with Crippen LogP contribution < -0.4 is 20.7 Å². The first-order valence-electron chi connectivity index (χ1n) is 11.7. The second-order valence-corrected chi connectivity index (χ2v) is 9.97. The number of anilines is 2. The van der Waals surface area contributed by atoms with Gasteiger partial charge in [0.25, 0.3) is 16.0 Å². The lowest BCUT2D eigenvalue weighted by Crippen LogP contribution is -2.19. The molecule has 1 heterocycles. The van der Waals surface area contributed by atoms with E-state index in [0.29, 0.717) is 17.2 Å². The van der Waals surface area contributed by atoms with Gasteiger partial charge < -0.3 is 26.2 Å². The lowest BCUT2D eigenvalue weighted by Gasteiger charge is -2.12. The molecular formula is C27H24ClF3N4O7S. The van der Waals surface area contributed by atoms with Gasteiger partial charge in [0.05, 0.1) is 15.5 Å². The van der Waals surface area contributed by atoms with Gasteiger partial charge in [-0.2, -0.15) is 21.6 Å². The van der Waals surface area contributed by atoms with Crippen LogP contribution in [-0.4, -0.2) is 42.4 Å². The molecule has 16 heteroatoms. The maximum atomic E-state index is 12.9. The Bertz CT molecular complexity index is 1660. The number of aromatic nitrogens is 1. The number of hydrogen-bond donors (Lipinski definition) is 4. The van der Waals surface area contributed by atoms with E-state index in [0.717, 1.165) is 12.1 Å². The highest BCUT2D eigenvalue weighted by Gasteiger charge is 2.33. The Hall–Kier alpha value is -4.70. The average molecular weight is 641 g/mol. The van der Waals surface area contributed by atoms with Crippen molar-refractivity contribution in [3.8, 4) is 11.5 Å². The Balaban J connectivity index is 0.000000498. The predicted octanol–water partition coefficient (Wildman–Crippen LogP) is 5.66. The minimum atomic E-state index is -4.64. The number of hydrogen-bond acceptors (Lipinski definition) is 6. The number of carbonyl (C=O) groups excluding carboxylic acids is 2. The van der Waals surface area contributed by atoms with E-state index >= 15 is 0 Å². The molecule has 0 unspecified atom stereocenters. The Morgan fingerprint density at radius 2 is 1.49 bits per heavy atom. The number of amides is 3. The fourth-order valence-corrected chi connectivity index (χ4v) is 3.90. The van der Waals surface area contributed by atoms with Gasteiger partial charge in [-0.25, -0.2) is 4.79 Å². The van der Waals surface area contributed by atoms with Crippen molar-refractivity contribution in [3.05, 3.63) is 107 Å². The number of ether oxygens (including phenoxy) is 1. The average Bonchev–Trinajstić information content (AvgIpc) is 2.94. The zero-order chi connectivity index (χ0) is 30.9. The van der Waals surface area contributed by atoms with Gasteiger partial charge >= 0.3 is 12.2 Å². The van der Waals surface area contributed by atoms with Crippen molar-refractivity contribution in [1.29, 1.82) is 0 Å². The summed E-state index contributed by atoms with van der Waals surface area (Å²) in [6.45, 7) is 0. The third-order valence-corrected chi connectivity index (χ3v) is 6.31. The summed E-state index contributed by atoms with van der Waals surface area (Å²) in [6.07, 6.45) is -3.21. The zero-order valence-electron chi connectivity index (χ0n) is 22.0. The van der Waals surface area contributed by atoms with E-state index < -0.39 is 32.9 Å². The van der Waals surface area contributed by atoms with Crippen LogP contribution in [0, 0.1) is 0 Å². The summed E-state index contributed by atoms with van der Waals surface area (Å²) in [5.74, 6) is 0.460. The molecular weight excluding hydrogens is 617 g/mol. The molecule has 4 rings (SSSR count). The van der Waals surface area contributed by atoms with Gasteiger partial charge in [-0.05, 0) is 60.7 Å². The molecule has 228 valence electrons. The van der Waals surface area contributed by atoms with E-state index in [-0.39, 0.29) is 27.7 Å². The van der Waals surface area contributed by atoms with Crippen molar-refractivity contribution >= 4 is 45.0 Å². The van der Waals surface area contributed by atoms with Crippen LogP contribution in [-0.2, 0) is 16.3 Å². The number of rotatable bonds is 6. The van der Waals surface area contributed by atoms with Crippen molar-refractivity contribution in [1.82, 2.24) is 10.3 Å². The molecule has 0 saturated carbocycles. The quantitative estimate of drug-likeness (QED) is 0.196. The van der Waals surface area contributed by atoms with Gasteiger partial charge in [-0.1, -0.05) is 29.8 Å². The molecule has 3 aromatic carbocycles. The Labute approximate surface area is 248 Å². The number of alkyl halides is 3. The highest BCUT2D eigenvalue weighted by molar-refractivity contribution is 7.85. The summed E-state index contributed by atoms with van der Waals surface area (Å²) in [7, 11) is -2.52. The second-order valence-electron chi connectivity index (χ2n) is 8.14. The first-order chi connectivity index (χ1) is 19.8. The summed E-state index contributed by atoms with van der Waals surface area (Å²) in [6, 6.07) is 19.0. The topological polar surface area (TPSA) is 178 Å². The van der Waals surface area contributed by atoms with Crippen LogP contribution >= 0.6 is 11.6 Å². The van der Waals surface area contributed by atoms with Crippen LogP contribution in [0.3, 0.4) is 0 Å². The smallest absolute Gasteiger partial charge is 0.417 e. The summed E-state index contributed by atoms with van der Waals surface area (Å²) in [5.41, 5.74) is -0.547. The van der Waals surface area contributed by atoms with E-state index in [1.807, 2.05) is 0 Å². The van der Waals surface area contributed by atoms with Crippen molar-refractivity contribution < 1.29 is 45.9 Å². The van der Waals surface area contributed by atoms with E-state index in [4.69, 9.17) is 20.9 Å². The highest BCUT2D eigenvalue weighted by Crippen LogP contribution is 2.36. The van der Waals surface area contributed by atoms with Crippen LogP contribution in [0.1, 0.15) is 16.1 Å². The van der Waals surface area contributed by atoms with Crippen LogP contribution in [0.4, 0.5) is 29.3 Å². The largest absolute Gasteiger partial charge is 0.457 e. The van der Waals surface area contributed by atoms with Gasteiger partial charge in [0.2, 0.25) is 0 Å². The molecule has 1 aromatic heterocycles. The van der Waals surface area contributed by atoms with Crippen LogP contribution in [0.5, 0.6) is 11.5 Å². The molecule has 0 saturated heterocycles. The summed E-state index contributed by atoms with van der Waals surface area (Å²) < 4.78 is 73.7. The molecule has 6 N–H and O–H groups in total. The van der Waals surface area contributed by atoms with Crippen molar-refractivity contribution in [2.24, 2.45) is 0 Å². The van der Waals surface area contributed by atoms with Crippen molar-refractivity contribution in [2.75, 3.05) is 17.7 Å². The first kappa shape index (κ1) is 34.5. The molecule has 0 aliphatic carbocycles. The number of urea groups is 1. The summed E-state index contributed by atoms with van der Waals surface area (Å²) >= 11 is 5.57. The summed E-state index contributed by atoms with van der Waals surface area (Å²) in [5, 5.41) is 6.83. The van der Waals surface area contributed by atoms with E-state index in [9.17, 15) is 31.2 Å². The predicted molar refractivity (Wildman–Crippen MR) is 153 cm³/mol. The number of pyridine rings is 1. The standard InChI is InChI=1S/C21H16ClF3N4O3.C6H6O3S.H2O/c1-26-19(30)18-11-15(8-9-27-18)32-14-5-2-12(3-6-14)28-20(31)29-13-4-7-17(22)16(10-13)21(23,24)25;7-10(8,9)6-4-2-1-3-5-6;/h2-11H,1H3,(H,26,30)(H2,28,29,31);1-5H,(H,7,8,9);1H2. The lowest BCUT2D eigenvalue weighted by molar-refractivity contribution is -0.137. The third-order valence-electron chi connectivity index (χ3n) is 5.11. The normalized spacial score (nSPS) is 10.7. The van der Waals surface area contributed by atoms with Crippen LogP contribution in [0.2, 0.25) is 5.02 Å². The zero-order valence-corrected chi connectivity index (χ0v) is 23.6. The number of nitrogens with zero attached hydrogens (tertiary/aromatic N) is 1. The second kappa shape index (κ2) is 15.0. The first-order valence-corrected chi connectivity index (χ1v) is 13.5. The molecule has 0 fully saturated rings. The number of nitrogens with one attached hydrogen (secondary N) is 3. The van der Waals surface area contributed by atoms with Gasteiger partial charge in [0.1, 0.15) is 17.2 Å². The van der Waals surface area contributed by atoms with Gasteiger partial charge in [0, 0.05) is 30.7 Å². The number of carbonyl (C=O) groups is 2. The minimum absolute atomic E-state index is 0. The molecule has 3 amide bonds. The molecule has 0 aliphatic rings. The number of benzene rings is 3. The third kappa shape index (κ3) is 10.6. The fourth-order valence-electron chi connectivity index (χ4n) is 3.18. The molecule has 0 aliphatic heterocycles. The maximum Gasteiger partial charge on any atom is 0.417 e. The Kier molecular flexibility index (Phi) is 12.0.